The van der Waals surface area contributed by atoms with E-state index in [0.717, 1.165) is 0 Å². The molecule has 68 valence electrons. The third kappa shape index (κ3) is 2.30. The van der Waals surface area contributed by atoms with Crippen molar-refractivity contribution in [2.24, 2.45) is 0 Å². The van der Waals surface area contributed by atoms with Gasteiger partial charge in [-0.05, 0) is 0 Å². The second kappa shape index (κ2) is 3.71. The van der Waals surface area contributed by atoms with Gasteiger partial charge in [0.25, 0.3) is 5.69 Å². The predicted molar refractivity (Wildman–Crippen MR) is 48.6 cm³/mol. The number of nitro groups is 1. The Morgan fingerprint density at radius 3 is 2.69 bits per heavy atom. The number of hydrogen-bond donors (Lipinski definition) is 1. The summed E-state index contributed by atoms with van der Waals surface area (Å²) in [5.41, 5.74) is 0.484. The van der Waals surface area contributed by atoms with Crippen LogP contribution in [0.4, 0.5) is 5.69 Å². The number of aliphatic hydroxyl groups excluding tert-OH is 1. The standard InChI is InChI=1S/C9H9NO3/c1-7(11)6-8-4-2-3-5-9(8)10(12)13/h2-5,11H,1,6H2. The van der Waals surface area contributed by atoms with Gasteiger partial charge in [-0.1, -0.05) is 24.8 Å². The first kappa shape index (κ1) is 9.25. The lowest BCUT2D eigenvalue weighted by Gasteiger charge is -2.00. The van der Waals surface area contributed by atoms with Gasteiger partial charge in [-0.25, -0.2) is 0 Å². The summed E-state index contributed by atoms with van der Waals surface area (Å²) in [6, 6.07) is 6.27. The van der Waals surface area contributed by atoms with E-state index in [-0.39, 0.29) is 17.9 Å². The topological polar surface area (TPSA) is 63.4 Å². The van der Waals surface area contributed by atoms with Crippen molar-refractivity contribution in [2.45, 2.75) is 6.42 Å². The minimum atomic E-state index is -0.474. The molecule has 0 spiro atoms. The van der Waals surface area contributed by atoms with Gasteiger partial charge in [-0.15, -0.1) is 0 Å². The van der Waals surface area contributed by atoms with Gasteiger partial charge < -0.3 is 5.11 Å². The lowest BCUT2D eigenvalue weighted by Crippen LogP contribution is -1.96. The largest absolute Gasteiger partial charge is 0.513 e. The number of hydrogen-bond acceptors (Lipinski definition) is 3. The molecule has 0 aromatic heterocycles. The summed E-state index contributed by atoms with van der Waals surface area (Å²) in [5.74, 6) is -0.0747. The van der Waals surface area contributed by atoms with Crippen LogP contribution in [0.25, 0.3) is 0 Å². The molecule has 0 unspecified atom stereocenters. The maximum atomic E-state index is 10.5. The van der Waals surface area contributed by atoms with Crippen molar-refractivity contribution in [2.75, 3.05) is 0 Å². The second-order valence-corrected chi connectivity index (χ2v) is 2.63. The Bertz CT molecular complexity index is 346. The van der Waals surface area contributed by atoms with Crippen molar-refractivity contribution in [1.82, 2.24) is 0 Å². The van der Waals surface area contributed by atoms with Gasteiger partial charge in [0.1, 0.15) is 0 Å². The predicted octanol–water partition coefficient (Wildman–Crippen LogP) is 2.21. The molecule has 0 radical (unpaired) electrons. The fraction of sp³-hybridized carbons (Fsp3) is 0.111. The number of para-hydroxylation sites is 1. The molecule has 0 aliphatic heterocycles. The zero-order valence-electron chi connectivity index (χ0n) is 6.93. The maximum Gasteiger partial charge on any atom is 0.273 e. The molecule has 1 aromatic rings. The Labute approximate surface area is 75.3 Å². The van der Waals surface area contributed by atoms with Crippen LogP contribution in [0.3, 0.4) is 0 Å². The molecule has 0 fully saturated rings. The molecule has 0 saturated heterocycles. The molecule has 4 heteroatoms. The number of aliphatic hydroxyl groups is 1. The number of rotatable bonds is 3. The Kier molecular flexibility index (Phi) is 2.64. The van der Waals surface area contributed by atoms with E-state index < -0.39 is 4.92 Å². The fourth-order valence-electron chi connectivity index (χ4n) is 1.06. The summed E-state index contributed by atoms with van der Waals surface area (Å²) in [6.45, 7) is 3.28. The number of nitrogens with zero attached hydrogens (tertiary/aromatic N) is 1. The van der Waals surface area contributed by atoms with Crippen molar-refractivity contribution < 1.29 is 10.0 Å². The quantitative estimate of drug-likeness (QED) is 0.439. The highest BCUT2D eigenvalue weighted by molar-refractivity contribution is 5.41. The average Bonchev–Trinajstić information content (AvgIpc) is 2.03. The van der Waals surface area contributed by atoms with Crippen LogP contribution in [-0.2, 0) is 6.42 Å². The van der Waals surface area contributed by atoms with E-state index in [1.807, 2.05) is 0 Å². The van der Waals surface area contributed by atoms with E-state index in [1.165, 1.54) is 6.07 Å². The van der Waals surface area contributed by atoms with Crippen LogP contribution in [0.5, 0.6) is 0 Å². The maximum absolute atomic E-state index is 10.5. The fourth-order valence-corrected chi connectivity index (χ4v) is 1.06. The molecular formula is C9H9NO3. The third-order valence-electron chi connectivity index (χ3n) is 1.58. The van der Waals surface area contributed by atoms with Crippen molar-refractivity contribution in [3.63, 3.8) is 0 Å². The molecule has 0 amide bonds. The minimum Gasteiger partial charge on any atom is -0.513 e. The first-order valence-electron chi connectivity index (χ1n) is 3.70. The monoisotopic (exact) mass is 179 g/mol. The highest BCUT2D eigenvalue weighted by Crippen LogP contribution is 2.19. The number of benzene rings is 1. The molecule has 0 saturated carbocycles. The second-order valence-electron chi connectivity index (χ2n) is 2.63. The van der Waals surface area contributed by atoms with Crippen LogP contribution < -0.4 is 0 Å². The first-order valence-corrected chi connectivity index (χ1v) is 3.70. The Morgan fingerprint density at radius 1 is 1.54 bits per heavy atom. The van der Waals surface area contributed by atoms with Gasteiger partial charge in [0, 0.05) is 18.1 Å². The van der Waals surface area contributed by atoms with Crippen LogP contribution in [0.1, 0.15) is 5.56 Å². The van der Waals surface area contributed by atoms with Gasteiger partial charge in [-0.3, -0.25) is 10.1 Å². The van der Waals surface area contributed by atoms with E-state index in [0.29, 0.717) is 5.56 Å². The molecule has 0 atom stereocenters. The third-order valence-corrected chi connectivity index (χ3v) is 1.58. The zero-order chi connectivity index (χ0) is 9.84. The Balaban J connectivity index is 3.04. The lowest BCUT2D eigenvalue weighted by atomic mass is 10.1. The molecular weight excluding hydrogens is 170 g/mol. The SMILES string of the molecule is C=C(O)Cc1ccccc1[N+](=O)[O-]. The molecule has 0 aliphatic rings. The molecule has 0 aliphatic carbocycles. The summed E-state index contributed by atoms with van der Waals surface area (Å²) >= 11 is 0. The molecule has 1 rings (SSSR count). The van der Waals surface area contributed by atoms with Crippen molar-refractivity contribution in [3.05, 3.63) is 52.3 Å². The molecule has 13 heavy (non-hydrogen) atoms. The molecule has 0 bridgehead atoms. The van der Waals surface area contributed by atoms with Crippen LogP contribution in [0, 0.1) is 10.1 Å². The van der Waals surface area contributed by atoms with Crippen LogP contribution in [0.2, 0.25) is 0 Å². The normalized spacial score (nSPS) is 9.54. The summed E-state index contributed by atoms with van der Waals surface area (Å²) in [6.07, 6.45) is 0.122. The lowest BCUT2D eigenvalue weighted by molar-refractivity contribution is -0.385. The average molecular weight is 179 g/mol. The summed E-state index contributed by atoms with van der Waals surface area (Å²) in [7, 11) is 0. The van der Waals surface area contributed by atoms with Gasteiger partial charge in [0.2, 0.25) is 0 Å². The summed E-state index contributed by atoms with van der Waals surface area (Å²) < 4.78 is 0. The van der Waals surface area contributed by atoms with Gasteiger partial charge in [0.15, 0.2) is 0 Å². The first-order chi connectivity index (χ1) is 6.11. The summed E-state index contributed by atoms with van der Waals surface area (Å²) in [4.78, 5) is 10.0. The van der Waals surface area contributed by atoms with E-state index in [1.54, 1.807) is 18.2 Å². The number of nitro benzene ring substituents is 1. The van der Waals surface area contributed by atoms with Crippen LogP contribution in [-0.4, -0.2) is 10.0 Å². The summed E-state index contributed by atoms with van der Waals surface area (Å²) in [5, 5.41) is 19.4. The van der Waals surface area contributed by atoms with Gasteiger partial charge >= 0.3 is 0 Å². The van der Waals surface area contributed by atoms with Crippen LogP contribution in [0.15, 0.2) is 36.6 Å². The smallest absolute Gasteiger partial charge is 0.273 e. The van der Waals surface area contributed by atoms with Gasteiger partial charge in [-0.2, -0.15) is 0 Å². The van der Waals surface area contributed by atoms with E-state index in [2.05, 4.69) is 6.58 Å². The van der Waals surface area contributed by atoms with Crippen molar-refractivity contribution in [3.8, 4) is 0 Å². The van der Waals surface area contributed by atoms with E-state index in [9.17, 15) is 10.1 Å². The van der Waals surface area contributed by atoms with Crippen LogP contribution >= 0.6 is 0 Å². The Hall–Kier alpha value is -1.84. The highest BCUT2D eigenvalue weighted by atomic mass is 16.6. The Morgan fingerprint density at radius 2 is 2.15 bits per heavy atom. The number of allylic oxidation sites excluding steroid dienone is 1. The molecule has 1 aromatic carbocycles. The van der Waals surface area contributed by atoms with E-state index >= 15 is 0 Å². The molecule has 0 heterocycles. The van der Waals surface area contributed by atoms with Gasteiger partial charge in [0.05, 0.1) is 10.7 Å². The molecule has 1 N–H and O–H groups in total. The zero-order valence-corrected chi connectivity index (χ0v) is 6.93. The minimum absolute atomic E-state index is 0.0118. The van der Waals surface area contributed by atoms with Crippen molar-refractivity contribution in [1.29, 1.82) is 0 Å². The highest BCUT2D eigenvalue weighted by Gasteiger charge is 2.12. The van der Waals surface area contributed by atoms with Crippen molar-refractivity contribution >= 4 is 5.69 Å². The van der Waals surface area contributed by atoms with E-state index in [4.69, 9.17) is 5.11 Å². The molecule has 4 nitrogen and oxygen atoms in total.